The monoisotopic (exact) mass is 455 g/mol. The average Bonchev–Trinajstić information content (AvgIpc) is 2.84. The van der Waals surface area contributed by atoms with Crippen LogP contribution in [-0.4, -0.2) is 12.0 Å². The molecule has 0 aromatic heterocycles. The van der Waals surface area contributed by atoms with E-state index in [1.807, 2.05) is 110 Å². The van der Waals surface area contributed by atoms with Crippen molar-refractivity contribution in [3.63, 3.8) is 0 Å². The summed E-state index contributed by atoms with van der Waals surface area (Å²) in [4.78, 5) is 13.5. The zero-order valence-corrected chi connectivity index (χ0v) is 19.2. The third-order valence-electron chi connectivity index (χ3n) is 5.75. The van der Waals surface area contributed by atoms with Crippen LogP contribution >= 0.6 is 11.6 Å². The van der Waals surface area contributed by atoms with Crippen LogP contribution in [0, 0.1) is 6.92 Å². The Hall–Kier alpha value is -3.40. The first-order valence-electron chi connectivity index (χ1n) is 10.9. The maximum atomic E-state index is 13.5. The van der Waals surface area contributed by atoms with Crippen LogP contribution in [0.15, 0.2) is 109 Å². The Kier molecular flexibility index (Phi) is 6.93. The van der Waals surface area contributed by atoms with E-state index in [4.69, 9.17) is 22.1 Å². The second-order valence-electron chi connectivity index (χ2n) is 8.11. The molecule has 0 saturated heterocycles. The Morgan fingerprint density at radius 1 is 0.818 bits per heavy atom. The summed E-state index contributed by atoms with van der Waals surface area (Å²) in [5.41, 5.74) is 9.45. The molecule has 4 rings (SSSR count). The van der Waals surface area contributed by atoms with Gasteiger partial charge in [0.05, 0.1) is 0 Å². The first kappa shape index (κ1) is 22.8. The molecular weight excluding hydrogens is 430 g/mol. The van der Waals surface area contributed by atoms with Crippen molar-refractivity contribution in [2.75, 3.05) is 0 Å². The van der Waals surface area contributed by atoms with Gasteiger partial charge in [-0.2, -0.15) is 0 Å². The lowest BCUT2D eigenvalue weighted by Crippen LogP contribution is -2.43. The topological polar surface area (TPSA) is 52.3 Å². The molecule has 33 heavy (non-hydrogen) atoms. The molecule has 4 aromatic rings. The van der Waals surface area contributed by atoms with Gasteiger partial charge in [0.15, 0.2) is 5.60 Å². The Morgan fingerprint density at radius 3 is 2.00 bits per heavy atom. The minimum Gasteiger partial charge on any atom is -0.443 e. The molecular formula is C29H26ClNO2. The van der Waals surface area contributed by atoms with Crippen LogP contribution in [0.4, 0.5) is 0 Å². The van der Waals surface area contributed by atoms with Crippen LogP contribution < -0.4 is 5.73 Å². The van der Waals surface area contributed by atoms with E-state index in [9.17, 15) is 4.79 Å². The molecule has 4 aromatic carbocycles. The summed E-state index contributed by atoms with van der Waals surface area (Å²) in [7, 11) is 0. The number of aryl methyl sites for hydroxylation is 1. The highest BCUT2D eigenvalue weighted by atomic mass is 35.5. The Labute approximate surface area is 199 Å². The smallest absolute Gasteiger partial charge is 0.324 e. The van der Waals surface area contributed by atoms with Crippen molar-refractivity contribution in [1.82, 2.24) is 0 Å². The van der Waals surface area contributed by atoms with Gasteiger partial charge in [-0.15, -0.1) is 0 Å². The summed E-state index contributed by atoms with van der Waals surface area (Å²) in [5.74, 6) is -0.497. The van der Waals surface area contributed by atoms with Gasteiger partial charge in [0, 0.05) is 21.7 Å². The van der Waals surface area contributed by atoms with Gasteiger partial charge in [0.25, 0.3) is 0 Å². The van der Waals surface area contributed by atoms with Gasteiger partial charge >= 0.3 is 5.97 Å². The molecule has 0 heterocycles. The van der Waals surface area contributed by atoms with Gasteiger partial charge in [-0.3, -0.25) is 4.79 Å². The molecule has 4 heteroatoms. The maximum Gasteiger partial charge on any atom is 0.324 e. The molecule has 2 atom stereocenters. The van der Waals surface area contributed by atoms with E-state index < -0.39 is 17.6 Å². The Balaban J connectivity index is 1.85. The molecule has 0 radical (unpaired) electrons. The summed E-state index contributed by atoms with van der Waals surface area (Å²) in [5, 5.41) is 0.506. The minimum absolute atomic E-state index is 0.376. The van der Waals surface area contributed by atoms with E-state index in [2.05, 4.69) is 0 Å². The number of ether oxygens (including phenoxy) is 1. The number of carbonyl (C=O) groups is 1. The predicted molar refractivity (Wildman–Crippen MR) is 133 cm³/mol. The first-order chi connectivity index (χ1) is 16.0. The molecule has 0 fully saturated rings. The summed E-state index contributed by atoms with van der Waals surface area (Å²) >= 11 is 6.71. The van der Waals surface area contributed by atoms with Crippen LogP contribution in [-0.2, 0) is 21.6 Å². The summed E-state index contributed by atoms with van der Waals surface area (Å²) < 4.78 is 6.40. The fourth-order valence-electron chi connectivity index (χ4n) is 4.04. The van der Waals surface area contributed by atoms with Crippen molar-refractivity contribution in [3.05, 3.63) is 142 Å². The van der Waals surface area contributed by atoms with Gasteiger partial charge < -0.3 is 10.5 Å². The third kappa shape index (κ3) is 4.85. The minimum atomic E-state index is -1.25. The molecule has 0 amide bonds. The highest BCUT2D eigenvalue weighted by molar-refractivity contribution is 6.31. The number of halogens is 1. The highest BCUT2D eigenvalue weighted by Gasteiger charge is 2.43. The molecule has 166 valence electrons. The van der Waals surface area contributed by atoms with Crippen LogP contribution in [0.25, 0.3) is 0 Å². The normalized spacial score (nSPS) is 13.7. The maximum absolute atomic E-state index is 13.5. The molecule has 0 bridgehead atoms. The highest BCUT2D eigenvalue weighted by Crippen LogP contribution is 2.43. The van der Waals surface area contributed by atoms with Crippen molar-refractivity contribution in [2.45, 2.75) is 25.0 Å². The molecule has 0 aliphatic carbocycles. The molecule has 0 aliphatic rings. The van der Waals surface area contributed by atoms with Crippen LogP contribution in [0.1, 0.15) is 27.8 Å². The lowest BCUT2D eigenvalue weighted by molar-refractivity contribution is -0.155. The second kappa shape index (κ2) is 10.0. The first-order valence-corrected chi connectivity index (χ1v) is 11.3. The van der Waals surface area contributed by atoms with Gasteiger partial charge in [-0.1, -0.05) is 120 Å². The Bertz CT molecular complexity index is 1210. The third-order valence-corrected chi connectivity index (χ3v) is 6.08. The molecule has 2 N–H and O–H groups in total. The number of esters is 1. The van der Waals surface area contributed by atoms with E-state index >= 15 is 0 Å². The number of nitrogens with two attached hydrogens (primary N) is 1. The fourth-order valence-corrected chi connectivity index (χ4v) is 4.31. The lowest BCUT2D eigenvalue weighted by Gasteiger charge is -2.36. The molecule has 0 aliphatic heterocycles. The molecule has 3 nitrogen and oxygen atoms in total. The standard InChI is InChI=1S/C29H26ClNO2/c1-21-16-18-24(19-17-21)29(23-12-6-3-7-13-23,25-14-8-9-15-26(25)30)33-28(32)27(31)20-22-10-4-2-5-11-22/h2-19,27H,20,31H2,1H3. The van der Waals surface area contributed by atoms with Gasteiger partial charge in [0.1, 0.15) is 6.04 Å². The van der Waals surface area contributed by atoms with E-state index in [1.54, 1.807) is 6.07 Å². The Morgan fingerprint density at radius 2 is 1.36 bits per heavy atom. The number of benzene rings is 4. The predicted octanol–water partition coefficient (Wildman–Crippen LogP) is 6.05. The van der Waals surface area contributed by atoms with Crippen LogP contribution in [0.3, 0.4) is 0 Å². The summed E-state index contributed by atoms with van der Waals surface area (Å²) in [6, 6.07) is 33.9. The van der Waals surface area contributed by atoms with Crippen LogP contribution in [0.5, 0.6) is 0 Å². The van der Waals surface area contributed by atoms with Crippen molar-refractivity contribution < 1.29 is 9.53 Å². The van der Waals surface area contributed by atoms with E-state index in [1.165, 1.54) is 0 Å². The number of rotatable bonds is 7. The van der Waals surface area contributed by atoms with E-state index in [-0.39, 0.29) is 0 Å². The number of carbonyl (C=O) groups excluding carboxylic acids is 1. The lowest BCUT2D eigenvalue weighted by atomic mass is 9.79. The van der Waals surface area contributed by atoms with Gasteiger partial charge in [-0.25, -0.2) is 0 Å². The SMILES string of the molecule is Cc1ccc(C(OC(=O)C(N)Cc2ccccc2)(c2ccccc2)c2ccccc2Cl)cc1. The van der Waals surface area contributed by atoms with Crippen molar-refractivity contribution >= 4 is 17.6 Å². The summed E-state index contributed by atoms with van der Waals surface area (Å²) in [6.45, 7) is 2.02. The number of hydrogen-bond acceptors (Lipinski definition) is 3. The van der Waals surface area contributed by atoms with Crippen LogP contribution in [0.2, 0.25) is 5.02 Å². The fraction of sp³-hybridized carbons (Fsp3) is 0.138. The zero-order valence-electron chi connectivity index (χ0n) is 18.4. The number of hydrogen-bond donors (Lipinski definition) is 1. The quantitative estimate of drug-likeness (QED) is 0.272. The summed E-state index contributed by atoms with van der Waals surface area (Å²) in [6.07, 6.45) is 0.376. The van der Waals surface area contributed by atoms with Crippen molar-refractivity contribution in [1.29, 1.82) is 0 Å². The van der Waals surface area contributed by atoms with Gasteiger partial charge in [0.2, 0.25) is 0 Å². The zero-order chi connectivity index (χ0) is 23.3. The van der Waals surface area contributed by atoms with Crippen molar-refractivity contribution in [2.24, 2.45) is 5.73 Å². The average molecular weight is 456 g/mol. The molecule has 2 unspecified atom stereocenters. The van der Waals surface area contributed by atoms with E-state index in [0.29, 0.717) is 17.0 Å². The molecule has 0 saturated carbocycles. The molecule has 0 spiro atoms. The second-order valence-corrected chi connectivity index (χ2v) is 8.52. The van der Waals surface area contributed by atoms with E-state index in [0.717, 1.165) is 22.3 Å². The largest absolute Gasteiger partial charge is 0.443 e. The van der Waals surface area contributed by atoms with Crippen molar-refractivity contribution in [3.8, 4) is 0 Å². The van der Waals surface area contributed by atoms with Gasteiger partial charge in [-0.05, 0) is 25.0 Å².